The summed E-state index contributed by atoms with van der Waals surface area (Å²) in [6.07, 6.45) is 4.83. The second kappa shape index (κ2) is 6.26. The number of carbonyl (C=O) groups is 2. The Balaban J connectivity index is 1.56. The van der Waals surface area contributed by atoms with Crippen LogP contribution in [0.4, 0.5) is 11.4 Å². The van der Waals surface area contributed by atoms with E-state index < -0.39 is 0 Å². The summed E-state index contributed by atoms with van der Waals surface area (Å²) in [5.74, 6) is 0.817. The van der Waals surface area contributed by atoms with Crippen LogP contribution in [0.15, 0.2) is 18.2 Å². The van der Waals surface area contributed by atoms with Crippen LogP contribution in [0, 0.1) is 5.92 Å². The minimum atomic E-state index is -0.0201. The molecule has 2 aliphatic rings. The molecular weight excluding hydrogens is 266 g/mol. The summed E-state index contributed by atoms with van der Waals surface area (Å²) < 4.78 is 0. The maximum absolute atomic E-state index is 11.9. The van der Waals surface area contributed by atoms with Crippen LogP contribution in [-0.4, -0.2) is 24.9 Å². The van der Waals surface area contributed by atoms with Crippen LogP contribution in [-0.2, 0) is 16.0 Å². The Labute approximate surface area is 124 Å². The highest BCUT2D eigenvalue weighted by molar-refractivity contribution is 5.95. The first-order chi connectivity index (χ1) is 10.2. The van der Waals surface area contributed by atoms with Gasteiger partial charge in [0.2, 0.25) is 11.8 Å². The molecule has 1 saturated carbocycles. The van der Waals surface area contributed by atoms with Crippen LogP contribution in [0.25, 0.3) is 0 Å². The Kier molecular flexibility index (Phi) is 4.20. The number of benzene rings is 1. The molecule has 1 aliphatic heterocycles. The van der Waals surface area contributed by atoms with Crippen LogP contribution in [0.5, 0.6) is 0 Å². The smallest absolute Gasteiger partial charge is 0.238 e. The maximum Gasteiger partial charge on any atom is 0.238 e. The molecule has 0 unspecified atom stereocenters. The molecule has 0 atom stereocenters. The summed E-state index contributed by atoms with van der Waals surface area (Å²) in [5, 5.41) is 8.97. The van der Waals surface area contributed by atoms with Crippen molar-refractivity contribution < 1.29 is 9.59 Å². The van der Waals surface area contributed by atoms with Gasteiger partial charge in [-0.05, 0) is 61.9 Å². The lowest BCUT2D eigenvalue weighted by atomic mass is 10.1. The molecule has 1 aliphatic carbocycles. The third kappa shape index (κ3) is 4.04. The Morgan fingerprint density at radius 1 is 1.29 bits per heavy atom. The topological polar surface area (TPSA) is 70.2 Å². The van der Waals surface area contributed by atoms with Crippen molar-refractivity contribution in [2.45, 2.75) is 32.1 Å². The van der Waals surface area contributed by atoms with E-state index in [4.69, 9.17) is 0 Å². The van der Waals surface area contributed by atoms with Gasteiger partial charge in [-0.3, -0.25) is 9.59 Å². The van der Waals surface area contributed by atoms with Gasteiger partial charge in [-0.2, -0.15) is 0 Å². The molecule has 0 radical (unpaired) electrons. The summed E-state index contributed by atoms with van der Waals surface area (Å²) in [6.45, 7) is 1.29. The van der Waals surface area contributed by atoms with Crippen molar-refractivity contribution in [2.24, 2.45) is 5.92 Å². The van der Waals surface area contributed by atoms with E-state index in [9.17, 15) is 9.59 Å². The highest BCUT2D eigenvalue weighted by Crippen LogP contribution is 2.27. The van der Waals surface area contributed by atoms with Crippen LogP contribution in [0.2, 0.25) is 0 Å². The van der Waals surface area contributed by atoms with E-state index in [1.54, 1.807) is 0 Å². The normalized spacial score (nSPS) is 17.6. The number of fused-ring (bicyclic) bond motifs is 1. The first kappa shape index (κ1) is 14.1. The average molecular weight is 287 g/mol. The van der Waals surface area contributed by atoms with E-state index in [0.717, 1.165) is 42.2 Å². The van der Waals surface area contributed by atoms with Crippen molar-refractivity contribution in [3.63, 3.8) is 0 Å². The number of amides is 2. The SMILES string of the molecule is O=C(CNCC1CC1)Nc1ccc2c(c1)CCCC(=O)N2. The molecule has 5 heteroatoms. The maximum atomic E-state index is 11.9. The molecule has 5 nitrogen and oxygen atoms in total. The zero-order chi connectivity index (χ0) is 14.7. The molecular formula is C16H21N3O2. The number of anilines is 2. The Bertz CT molecular complexity index is 552. The number of carbonyl (C=O) groups excluding carboxylic acids is 2. The summed E-state index contributed by atoms with van der Waals surface area (Å²) in [7, 11) is 0. The van der Waals surface area contributed by atoms with Gasteiger partial charge in [-0.25, -0.2) is 0 Å². The second-order valence-corrected chi connectivity index (χ2v) is 5.90. The fourth-order valence-electron chi connectivity index (χ4n) is 2.57. The van der Waals surface area contributed by atoms with E-state index in [1.165, 1.54) is 12.8 Å². The number of hydrogen-bond acceptors (Lipinski definition) is 3. The van der Waals surface area contributed by atoms with Gasteiger partial charge in [0.25, 0.3) is 0 Å². The predicted octanol–water partition coefficient (Wildman–Crippen LogP) is 1.90. The van der Waals surface area contributed by atoms with E-state index in [2.05, 4.69) is 16.0 Å². The minimum absolute atomic E-state index is 0.0201. The predicted molar refractivity (Wildman–Crippen MR) is 82.2 cm³/mol. The van der Waals surface area contributed by atoms with Crippen molar-refractivity contribution in [3.05, 3.63) is 23.8 Å². The van der Waals surface area contributed by atoms with Crippen molar-refractivity contribution in [1.29, 1.82) is 0 Å². The van der Waals surface area contributed by atoms with Gasteiger partial charge in [0.1, 0.15) is 0 Å². The fourth-order valence-corrected chi connectivity index (χ4v) is 2.57. The second-order valence-electron chi connectivity index (χ2n) is 5.90. The van der Waals surface area contributed by atoms with Crippen molar-refractivity contribution in [2.75, 3.05) is 23.7 Å². The standard InChI is InChI=1S/C16H21N3O2/c20-15-3-1-2-12-8-13(6-7-14(12)19-15)18-16(21)10-17-9-11-4-5-11/h6-8,11,17H,1-5,9-10H2,(H,18,21)(H,19,20). The molecule has 0 aromatic heterocycles. The van der Waals surface area contributed by atoms with E-state index in [0.29, 0.717) is 13.0 Å². The molecule has 3 rings (SSSR count). The lowest BCUT2D eigenvalue weighted by Crippen LogP contribution is -2.29. The van der Waals surface area contributed by atoms with Crippen molar-refractivity contribution in [3.8, 4) is 0 Å². The lowest BCUT2D eigenvalue weighted by Gasteiger charge is -2.11. The van der Waals surface area contributed by atoms with Gasteiger partial charge in [0.05, 0.1) is 6.54 Å². The molecule has 1 aromatic rings. The molecule has 2 amide bonds. The fraction of sp³-hybridized carbons (Fsp3) is 0.500. The quantitative estimate of drug-likeness (QED) is 0.774. The minimum Gasteiger partial charge on any atom is -0.326 e. The molecule has 3 N–H and O–H groups in total. The summed E-state index contributed by atoms with van der Waals surface area (Å²) in [6, 6.07) is 5.66. The molecule has 0 spiro atoms. The van der Waals surface area contributed by atoms with Gasteiger partial charge in [-0.15, -0.1) is 0 Å². The highest BCUT2D eigenvalue weighted by Gasteiger charge is 2.20. The van der Waals surface area contributed by atoms with Crippen LogP contribution in [0.3, 0.4) is 0 Å². The van der Waals surface area contributed by atoms with Gasteiger partial charge in [0, 0.05) is 17.8 Å². The van der Waals surface area contributed by atoms with Gasteiger partial charge >= 0.3 is 0 Å². The Hall–Kier alpha value is -1.88. The van der Waals surface area contributed by atoms with Crippen molar-refractivity contribution in [1.82, 2.24) is 5.32 Å². The summed E-state index contributed by atoms with van der Waals surface area (Å²) in [4.78, 5) is 23.4. The number of nitrogens with one attached hydrogen (secondary N) is 3. The molecule has 1 aromatic carbocycles. The van der Waals surface area contributed by atoms with E-state index >= 15 is 0 Å². The van der Waals surface area contributed by atoms with Gasteiger partial charge in [0.15, 0.2) is 0 Å². The number of aryl methyl sites for hydroxylation is 1. The Morgan fingerprint density at radius 3 is 2.95 bits per heavy atom. The molecule has 0 bridgehead atoms. The summed E-state index contributed by atoms with van der Waals surface area (Å²) in [5.41, 5.74) is 2.75. The van der Waals surface area contributed by atoms with E-state index in [-0.39, 0.29) is 11.8 Å². The first-order valence-electron chi connectivity index (χ1n) is 7.64. The number of hydrogen-bond donors (Lipinski definition) is 3. The molecule has 21 heavy (non-hydrogen) atoms. The molecule has 112 valence electrons. The zero-order valence-electron chi connectivity index (χ0n) is 12.1. The molecule has 0 saturated heterocycles. The molecule has 1 heterocycles. The summed E-state index contributed by atoms with van der Waals surface area (Å²) >= 11 is 0. The third-order valence-corrected chi connectivity index (χ3v) is 3.93. The largest absolute Gasteiger partial charge is 0.326 e. The molecule has 1 fully saturated rings. The van der Waals surface area contributed by atoms with Crippen molar-refractivity contribution >= 4 is 23.2 Å². The van der Waals surface area contributed by atoms with E-state index in [1.807, 2.05) is 18.2 Å². The van der Waals surface area contributed by atoms with Gasteiger partial charge < -0.3 is 16.0 Å². The van der Waals surface area contributed by atoms with Crippen LogP contribution >= 0.6 is 0 Å². The zero-order valence-corrected chi connectivity index (χ0v) is 12.1. The van der Waals surface area contributed by atoms with Crippen LogP contribution < -0.4 is 16.0 Å². The average Bonchev–Trinajstić information content (AvgIpc) is 3.26. The monoisotopic (exact) mass is 287 g/mol. The third-order valence-electron chi connectivity index (χ3n) is 3.93. The first-order valence-corrected chi connectivity index (χ1v) is 7.64. The highest BCUT2D eigenvalue weighted by atomic mass is 16.2. The van der Waals surface area contributed by atoms with Crippen LogP contribution in [0.1, 0.15) is 31.2 Å². The van der Waals surface area contributed by atoms with Gasteiger partial charge in [-0.1, -0.05) is 0 Å². The number of rotatable bonds is 5. The lowest BCUT2D eigenvalue weighted by molar-refractivity contribution is -0.116. The Morgan fingerprint density at radius 2 is 2.14 bits per heavy atom.